The van der Waals surface area contributed by atoms with Crippen LogP contribution < -0.4 is 15.0 Å². The van der Waals surface area contributed by atoms with E-state index in [1.54, 1.807) is 0 Å². The summed E-state index contributed by atoms with van der Waals surface area (Å²) >= 11 is 6.58. The number of nitrogens with zero attached hydrogens (tertiary/aromatic N) is 5. The van der Waals surface area contributed by atoms with Crippen LogP contribution in [-0.2, 0) is 11.2 Å². The van der Waals surface area contributed by atoms with Crippen molar-refractivity contribution < 1.29 is 28.5 Å². The highest BCUT2D eigenvalue weighted by atomic mass is 35.5. The van der Waals surface area contributed by atoms with E-state index in [0.29, 0.717) is 93.3 Å². The van der Waals surface area contributed by atoms with Gasteiger partial charge in [-0.1, -0.05) is 11.6 Å². The van der Waals surface area contributed by atoms with Crippen LogP contribution in [0.5, 0.6) is 11.8 Å². The number of phenols is 1. The van der Waals surface area contributed by atoms with E-state index >= 15 is 4.39 Å². The number of aliphatic hydroxyl groups is 1. The maximum Gasteiger partial charge on any atom is 0.319 e. The Balaban J connectivity index is 1.35. The van der Waals surface area contributed by atoms with Gasteiger partial charge in [-0.05, 0) is 75.6 Å². The number of piperidine rings is 1. The van der Waals surface area contributed by atoms with Crippen molar-refractivity contribution in [3.63, 3.8) is 0 Å². The number of rotatable bonds is 3. The number of alkyl halides is 1. The minimum absolute atomic E-state index is 0.00604. The normalized spacial score (nSPS) is 27.3. The molecule has 2 aromatic heterocycles. The third-order valence-electron chi connectivity index (χ3n) is 10.2. The maximum atomic E-state index is 16.7. The summed E-state index contributed by atoms with van der Waals surface area (Å²) in [4.78, 5) is 30.4. The van der Waals surface area contributed by atoms with Crippen molar-refractivity contribution in [2.24, 2.45) is 0 Å². The van der Waals surface area contributed by atoms with Crippen LogP contribution in [0.1, 0.15) is 63.4 Å². The lowest BCUT2D eigenvalue weighted by atomic mass is 9.89. The monoisotopic (exact) mass is 656 g/mol. The van der Waals surface area contributed by atoms with E-state index in [-0.39, 0.29) is 47.1 Å². The lowest BCUT2D eigenvalue weighted by Gasteiger charge is -2.40. The molecule has 3 atom stereocenters. The number of anilines is 1. The number of aromatic nitrogens is 3. The predicted molar refractivity (Wildman–Crippen MR) is 170 cm³/mol. The zero-order valence-electron chi connectivity index (χ0n) is 25.7. The molecule has 7 heterocycles. The predicted octanol–water partition coefficient (Wildman–Crippen LogP) is 4.71. The van der Waals surface area contributed by atoms with Crippen molar-refractivity contribution in [3.8, 4) is 23.0 Å². The molecule has 13 heteroatoms. The van der Waals surface area contributed by atoms with Crippen molar-refractivity contribution in [1.82, 2.24) is 25.2 Å². The summed E-state index contributed by atoms with van der Waals surface area (Å²) in [6.45, 7) is 2.44. The Morgan fingerprint density at radius 3 is 2.80 bits per heavy atom. The topological polar surface area (TPSA) is 124 Å². The Bertz CT molecular complexity index is 1660. The summed E-state index contributed by atoms with van der Waals surface area (Å²) < 4.78 is 37.4. The van der Waals surface area contributed by atoms with Crippen molar-refractivity contribution in [3.05, 3.63) is 34.7 Å². The van der Waals surface area contributed by atoms with Gasteiger partial charge in [0.2, 0.25) is 5.91 Å². The molecule has 1 aromatic carbocycles. The molecule has 10 nitrogen and oxygen atoms in total. The average Bonchev–Trinajstić information content (AvgIpc) is 3.54. The Hall–Kier alpha value is -3.35. The Kier molecular flexibility index (Phi) is 8.39. The molecule has 1 amide bonds. The fourth-order valence-electron chi connectivity index (χ4n) is 7.86. The lowest BCUT2D eigenvalue weighted by Crippen LogP contribution is -2.50. The highest BCUT2D eigenvalue weighted by Crippen LogP contribution is 2.42. The molecular weight excluding hydrogens is 618 g/mol. The van der Waals surface area contributed by atoms with Gasteiger partial charge in [-0.3, -0.25) is 14.7 Å². The second-order valence-corrected chi connectivity index (χ2v) is 13.8. The second-order valence-electron chi connectivity index (χ2n) is 13.4. The van der Waals surface area contributed by atoms with Gasteiger partial charge in [0.1, 0.15) is 35.6 Å². The van der Waals surface area contributed by atoms with Gasteiger partial charge in [0.15, 0.2) is 5.82 Å². The number of fused-ring (bicyclic) bond motifs is 9. The van der Waals surface area contributed by atoms with Crippen LogP contribution in [0.4, 0.5) is 14.6 Å². The lowest BCUT2D eigenvalue weighted by molar-refractivity contribution is -0.121. The molecule has 6 bridgehead atoms. The van der Waals surface area contributed by atoms with Crippen LogP contribution >= 0.6 is 11.6 Å². The van der Waals surface area contributed by atoms with Crippen molar-refractivity contribution in [2.45, 2.75) is 81.5 Å². The third kappa shape index (κ3) is 5.95. The minimum Gasteiger partial charge on any atom is -0.508 e. The van der Waals surface area contributed by atoms with Crippen LogP contribution in [0.25, 0.3) is 22.2 Å². The fourth-order valence-corrected chi connectivity index (χ4v) is 8.17. The van der Waals surface area contributed by atoms with Gasteiger partial charge in [-0.15, -0.1) is 0 Å². The quantitative estimate of drug-likeness (QED) is 0.368. The molecule has 246 valence electrons. The average molecular weight is 657 g/mol. The van der Waals surface area contributed by atoms with Crippen LogP contribution in [0.3, 0.4) is 0 Å². The Morgan fingerprint density at radius 1 is 1.11 bits per heavy atom. The van der Waals surface area contributed by atoms with E-state index in [0.717, 1.165) is 19.4 Å². The molecule has 3 aromatic rings. The summed E-state index contributed by atoms with van der Waals surface area (Å²) in [7, 11) is 0. The van der Waals surface area contributed by atoms with E-state index in [1.165, 1.54) is 18.3 Å². The number of pyridine rings is 1. The van der Waals surface area contributed by atoms with Gasteiger partial charge in [0.05, 0.1) is 16.5 Å². The van der Waals surface area contributed by atoms with Gasteiger partial charge in [0.25, 0.3) is 0 Å². The highest BCUT2D eigenvalue weighted by molar-refractivity contribution is 6.32. The summed E-state index contributed by atoms with van der Waals surface area (Å²) in [6.07, 6.45) is 6.18. The number of halogens is 3. The molecule has 3 N–H and O–H groups in total. The third-order valence-corrected chi connectivity index (χ3v) is 10.5. The maximum absolute atomic E-state index is 16.7. The summed E-state index contributed by atoms with van der Waals surface area (Å²) in [5.41, 5.74) is -0.632. The van der Waals surface area contributed by atoms with E-state index in [1.807, 2.05) is 4.90 Å². The number of ether oxygens (including phenoxy) is 1. The minimum atomic E-state index is -1.10. The molecule has 0 spiro atoms. The number of hydrogen-bond donors (Lipinski definition) is 3. The van der Waals surface area contributed by atoms with Crippen molar-refractivity contribution in [2.75, 3.05) is 44.2 Å². The number of carbonyl (C=O) groups is 1. The van der Waals surface area contributed by atoms with E-state index in [2.05, 4.69) is 20.2 Å². The number of carbonyl (C=O) groups excluding carboxylic acids is 1. The highest BCUT2D eigenvalue weighted by Gasteiger charge is 2.49. The molecule has 46 heavy (non-hydrogen) atoms. The summed E-state index contributed by atoms with van der Waals surface area (Å²) in [6, 6.07) is 2.82. The summed E-state index contributed by atoms with van der Waals surface area (Å²) in [5.74, 6) is -0.564. The standard InChI is InChI=1S/C33H39ClF2N6O4/c34-25-14-21(43)13-23-22(25)5-1-2-6-26(44)37-10-9-33(45)8-4-11-41(18-33)30-24-16-38-28(23)27(36)29(24)39-31(40-30)46-19-32-7-3-12-42(32)17-20(35)15-32/h13-14,16,20,43,45H,1-12,15,17-19H2,(H,37,44)/t20-,32+,33?/m1/s1. The molecule has 0 aliphatic carbocycles. The Morgan fingerprint density at radius 2 is 1.93 bits per heavy atom. The van der Waals surface area contributed by atoms with Gasteiger partial charge < -0.3 is 25.2 Å². The molecule has 1 unspecified atom stereocenters. The van der Waals surface area contributed by atoms with Crippen LogP contribution in [0.2, 0.25) is 5.02 Å². The number of nitrogens with one attached hydrogen (secondary N) is 1. The Labute approximate surface area is 271 Å². The van der Waals surface area contributed by atoms with Gasteiger partial charge >= 0.3 is 6.01 Å². The van der Waals surface area contributed by atoms with Gasteiger partial charge in [-0.2, -0.15) is 9.97 Å². The van der Waals surface area contributed by atoms with Gasteiger partial charge in [0, 0.05) is 55.8 Å². The number of aromatic hydroxyl groups is 1. The molecular formula is C33H39ClF2N6O4. The molecule has 3 saturated heterocycles. The second kappa shape index (κ2) is 12.4. The molecule has 3 fully saturated rings. The van der Waals surface area contributed by atoms with Gasteiger partial charge in [-0.25, -0.2) is 8.78 Å². The zero-order valence-corrected chi connectivity index (χ0v) is 26.5. The smallest absolute Gasteiger partial charge is 0.319 e. The van der Waals surface area contributed by atoms with Crippen LogP contribution in [-0.4, -0.2) is 92.6 Å². The van der Waals surface area contributed by atoms with E-state index in [4.69, 9.17) is 21.3 Å². The largest absolute Gasteiger partial charge is 0.508 e. The number of amides is 1. The van der Waals surface area contributed by atoms with Crippen molar-refractivity contribution >= 4 is 34.2 Å². The molecule has 8 rings (SSSR count). The first kappa shape index (κ1) is 31.3. The number of phenolic OH excluding ortho intramolecular Hbond substituents is 1. The molecule has 5 aliphatic heterocycles. The number of hydrogen-bond acceptors (Lipinski definition) is 9. The molecule has 0 radical (unpaired) electrons. The van der Waals surface area contributed by atoms with E-state index < -0.39 is 23.1 Å². The fraction of sp³-hybridized carbons (Fsp3) is 0.576. The number of benzene rings is 1. The van der Waals surface area contributed by atoms with Crippen molar-refractivity contribution in [1.29, 1.82) is 0 Å². The van der Waals surface area contributed by atoms with Crippen LogP contribution in [0.15, 0.2) is 18.3 Å². The zero-order chi connectivity index (χ0) is 32.1. The summed E-state index contributed by atoms with van der Waals surface area (Å²) in [5, 5.41) is 25.6. The van der Waals surface area contributed by atoms with Crippen LogP contribution in [0, 0.1) is 5.82 Å². The van der Waals surface area contributed by atoms with E-state index in [9.17, 15) is 19.4 Å². The molecule has 5 aliphatic rings. The first-order valence-corrected chi connectivity index (χ1v) is 16.6. The first-order chi connectivity index (χ1) is 22.1. The SMILES string of the molecule is O=C1CCCCc2c(Cl)cc(O)cc2-c2ncc3c(nc(OC[C@@]45CCCN4C[C@H](F)C5)nc3c2F)N2CCCC(O)(CCN1)C2. The first-order valence-electron chi connectivity index (χ1n) is 16.3. The molecule has 0 saturated carbocycles.